The van der Waals surface area contributed by atoms with Crippen LogP contribution in [0.15, 0.2) is 52.6 Å². The molecule has 2 heterocycles. The van der Waals surface area contributed by atoms with E-state index in [-0.39, 0.29) is 5.37 Å². The number of aromatic nitrogens is 2. The number of hydrogen-bond acceptors (Lipinski definition) is 6. The molecule has 4 rings (SSSR count). The van der Waals surface area contributed by atoms with Crippen LogP contribution in [-0.4, -0.2) is 32.8 Å². The van der Waals surface area contributed by atoms with Crippen molar-refractivity contribution in [3.63, 3.8) is 0 Å². The van der Waals surface area contributed by atoms with Crippen molar-refractivity contribution in [1.29, 1.82) is 0 Å². The number of hydrazone groups is 1. The number of hydrogen-bond donors (Lipinski definition) is 1. The molecule has 1 aromatic heterocycles. The minimum absolute atomic E-state index is 0.0167. The topological polar surface area (TPSA) is 65.8 Å². The Labute approximate surface area is 179 Å². The van der Waals surface area contributed by atoms with Gasteiger partial charge in [0.25, 0.3) is 0 Å². The molecule has 2 aromatic carbocycles. The van der Waals surface area contributed by atoms with E-state index >= 15 is 0 Å². The molecule has 6 nitrogen and oxygen atoms in total. The summed E-state index contributed by atoms with van der Waals surface area (Å²) in [5.74, 6) is 0.719. The predicted octanol–water partition coefficient (Wildman–Crippen LogP) is 5.65. The van der Waals surface area contributed by atoms with Gasteiger partial charge >= 0.3 is 0 Å². The fraction of sp³-hybridized carbons (Fsp3) is 0.333. The van der Waals surface area contributed by atoms with E-state index in [1.54, 1.807) is 11.8 Å². The second kappa shape index (κ2) is 8.92. The molecule has 0 bridgehead atoms. The third kappa shape index (κ3) is 4.43. The molecule has 8 heteroatoms. The maximum Gasteiger partial charge on any atom is 0.222 e. The number of guanidine groups is 1. The van der Waals surface area contributed by atoms with Crippen molar-refractivity contribution < 1.29 is 0 Å². The van der Waals surface area contributed by atoms with Gasteiger partial charge < -0.3 is 0 Å². The highest BCUT2D eigenvalue weighted by molar-refractivity contribution is 8.14. The number of benzene rings is 2. The van der Waals surface area contributed by atoms with Crippen LogP contribution in [0.25, 0.3) is 10.8 Å². The summed E-state index contributed by atoms with van der Waals surface area (Å²) >= 11 is 3.27. The van der Waals surface area contributed by atoms with Crippen molar-refractivity contribution in [3.05, 3.63) is 53.0 Å². The fourth-order valence-electron chi connectivity index (χ4n) is 3.21. The Morgan fingerprint density at radius 3 is 2.76 bits per heavy atom. The van der Waals surface area contributed by atoms with Crippen LogP contribution < -0.4 is 5.32 Å². The SMILES string of the molecule is CCCCN=C(Nc1nnc(C)s1)N1N=C(C)SC1c1cccc2ccccc12. The molecule has 150 valence electrons. The lowest BCUT2D eigenvalue weighted by atomic mass is 10.0. The van der Waals surface area contributed by atoms with Crippen molar-refractivity contribution in [1.82, 2.24) is 15.2 Å². The van der Waals surface area contributed by atoms with E-state index < -0.39 is 0 Å². The monoisotopic (exact) mass is 424 g/mol. The van der Waals surface area contributed by atoms with Crippen LogP contribution >= 0.6 is 23.1 Å². The summed E-state index contributed by atoms with van der Waals surface area (Å²) < 4.78 is 0. The van der Waals surface area contributed by atoms with E-state index in [0.717, 1.165) is 40.5 Å². The van der Waals surface area contributed by atoms with E-state index in [4.69, 9.17) is 10.1 Å². The van der Waals surface area contributed by atoms with Gasteiger partial charge in [0.15, 0.2) is 0 Å². The molecule has 3 aromatic rings. The molecule has 1 aliphatic rings. The Bertz CT molecular complexity index is 1050. The number of unbranched alkanes of at least 4 members (excludes halogenated alkanes) is 1. The van der Waals surface area contributed by atoms with Crippen molar-refractivity contribution in [2.75, 3.05) is 11.9 Å². The summed E-state index contributed by atoms with van der Waals surface area (Å²) in [5, 5.41) is 23.7. The van der Waals surface area contributed by atoms with Gasteiger partial charge in [-0.05, 0) is 36.6 Å². The van der Waals surface area contributed by atoms with Gasteiger partial charge in [0.2, 0.25) is 11.1 Å². The number of thioether (sulfide) groups is 1. The Morgan fingerprint density at radius 1 is 1.14 bits per heavy atom. The summed E-state index contributed by atoms with van der Waals surface area (Å²) in [4.78, 5) is 4.84. The number of fused-ring (bicyclic) bond motifs is 1. The van der Waals surface area contributed by atoms with E-state index in [1.807, 2.05) is 18.9 Å². The maximum absolute atomic E-state index is 4.84. The highest BCUT2D eigenvalue weighted by Gasteiger charge is 2.32. The number of nitrogens with one attached hydrogen (secondary N) is 1. The highest BCUT2D eigenvalue weighted by Crippen LogP contribution is 2.42. The molecule has 29 heavy (non-hydrogen) atoms. The van der Waals surface area contributed by atoms with Crippen LogP contribution in [0.3, 0.4) is 0 Å². The Hall–Kier alpha value is -2.45. The number of aliphatic imine (C=N–C) groups is 1. The molecule has 1 aliphatic heterocycles. The van der Waals surface area contributed by atoms with Gasteiger partial charge in [-0.3, -0.25) is 10.3 Å². The molecule has 1 N–H and O–H groups in total. The van der Waals surface area contributed by atoms with E-state index in [0.29, 0.717) is 0 Å². The van der Waals surface area contributed by atoms with Crippen LogP contribution in [0.1, 0.15) is 42.6 Å². The normalized spacial score (nSPS) is 17.1. The average Bonchev–Trinajstić information content (AvgIpc) is 3.32. The zero-order chi connectivity index (χ0) is 20.2. The second-order valence-electron chi connectivity index (χ2n) is 6.81. The van der Waals surface area contributed by atoms with Gasteiger partial charge in [-0.2, -0.15) is 5.10 Å². The third-order valence-electron chi connectivity index (χ3n) is 4.58. The van der Waals surface area contributed by atoms with E-state index in [1.165, 1.54) is 27.7 Å². The molecule has 0 radical (unpaired) electrons. The van der Waals surface area contributed by atoms with Crippen LogP contribution in [0.2, 0.25) is 0 Å². The Morgan fingerprint density at radius 2 is 1.97 bits per heavy atom. The fourth-order valence-corrected chi connectivity index (χ4v) is 4.84. The standard InChI is InChI=1S/C21H24N6S2/c1-4-5-13-22-20(23-21-25-24-14(2)29-21)27-19(28-15(3)26-27)18-12-8-10-16-9-6-7-11-17(16)18/h6-12,19H,4-5,13H2,1-3H3,(H,22,23,25). The first kappa shape index (κ1) is 19.8. The molecule has 0 spiro atoms. The molecule has 1 atom stereocenters. The summed E-state index contributed by atoms with van der Waals surface area (Å²) in [6.45, 7) is 6.91. The van der Waals surface area contributed by atoms with E-state index in [9.17, 15) is 0 Å². The average molecular weight is 425 g/mol. The van der Waals surface area contributed by atoms with Gasteiger partial charge in [0.05, 0.1) is 5.04 Å². The van der Waals surface area contributed by atoms with Gasteiger partial charge in [-0.1, -0.05) is 78.9 Å². The summed E-state index contributed by atoms with van der Waals surface area (Å²) in [7, 11) is 0. The lowest BCUT2D eigenvalue weighted by molar-refractivity contribution is 0.437. The number of anilines is 1. The van der Waals surface area contributed by atoms with Crippen LogP contribution in [0, 0.1) is 6.92 Å². The van der Waals surface area contributed by atoms with Gasteiger partial charge in [0.1, 0.15) is 10.4 Å². The first-order valence-electron chi connectivity index (χ1n) is 9.76. The lowest BCUT2D eigenvalue weighted by Crippen LogP contribution is -2.32. The van der Waals surface area contributed by atoms with Crippen LogP contribution in [-0.2, 0) is 0 Å². The molecule has 0 saturated heterocycles. The molecule has 1 unspecified atom stereocenters. The molecule has 0 aliphatic carbocycles. The van der Waals surface area contributed by atoms with E-state index in [2.05, 4.69) is 64.9 Å². The van der Waals surface area contributed by atoms with Gasteiger partial charge in [0, 0.05) is 6.54 Å². The lowest BCUT2D eigenvalue weighted by Gasteiger charge is -2.25. The Balaban J connectivity index is 1.71. The van der Waals surface area contributed by atoms with Crippen LogP contribution in [0.5, 0.6) is 0 Å². The van der Waals surface area contributed by atoms with Crippen molar-refractivity contribution in [3.8, 4) is 0 Å². The van der Waals surface area contributed by atoms with Crippen molar-refractivity contribution >= 4 is 50.0 Å². The third-order valence-corrected chi connectivity index (χ3v) is 6.43. The molecule has 0 saturated carbocycles. The second-order valence-corrected chi connectivity index (χ2v) is 9.27. The predicted molar refractivity (Wildman–Crippen MR) is 125 cm³/mol. The molecular formula is C21H24N6S2. The number of aryl methyl sites for hydroxylation is 1. The highest BCUT2D eigenvalue weighted by atomic mass is 32.2. The zero-order valence-corrected chi connectivity index (χ0v) is 18.4. The molecule has 0 fully saturated rings. The first-order chi connectivity index (χ1) is 14.2. The Kier molecular flexibility index (Phi) is 6.10. The molecular weight excluding hydrogens is 400 g/mol. The van der Waals surface area contributed by atoms with Crippen molar-refractivity contribution in [2.24, 2.45) is 10.1 Å². The summed E-state index contributed by atoms with van der Waals surface area (Å²) in [5.41, 5.74) is 1.23. The largest absolute Gasteiger partial charge is 0.299 e. The minimum Gasteiger partial charge on any atom is -0.299 e. The van der Waals surface area contributed by atoms with Gasteiger partial charge in [-0.15, -0.1) is 10.2 Å². The number of nitrogens with zero attached hydrogens (tertiary/aromatic N) is 5. The number of rotatable bonds is 5. The minimum atomic E-state index is 0.0167. The van der Waals surface area contributed by atoms with Crippen molar-refractivity contribution in [2.45, 2.75) is 39.0 Å². The smallest absolute Gasteiger partial charge is 0.222 e. The maximum atomic E-state index is 4.84. The van der Waals surface area contributed by atoms with Gasteiger partial charge in [-0.25, -0.2) is 5.01 Å². The quantitative estimate of drug-likeness (QED) is 0.326. The van der Waals surface area contributed by atoms with Crippen LogP contribution in [0.4, 0.5) is 5.13 Å². The summed E-state index contributed by atoms with van der Waals surface area (Å²) in [6, 6.07) is 14.9. The summed E-state index contributed by atoms with van der Waals surface area (Å²) in [6.07, 6.45) is 2.13. The molecule has 0 amide bonds. The first-order valence-corrected chi connectivity index (χ1v) is 11.5. The zero-order valence-electron chi connectivity index (χ0n) is 16.8.